The van der Waals surface area contributed by atoms with E-state index < -0.39 is 37.1 Å². The molecule has 1 saturated heterocycles. The molecule has 0 aliphatic carbocycles. The first-order valence-corrected chi connectivity index (χ1v) is 6.47. The van der Waals surface area contributed by atoms with E-state index in [2.05, 4.69) is 22.4 Å². The van der Waals surface area contributed by atoms with Crippen LogP contribution < -0.4 is 0 Å². The summed E-state index contributed by atoms with van der Waals surface area (Å²) in [6.45, 7) is -0.450. The standard InChI is InChI=1S/C13H15NO5S/c15-5-9-10(16)11(17)12(18)13(19-9)7-1-3-8(4-2-7)14-6-20/h1-4,9-13,15-18H,5H2/t9-,10-,11+,12-,13?/m1/s1. The molecule has 0 spiro atoms. The van der Waals surface area contributed by atoms with Crippen LogP contribution in [0.25, 0.3) is 0 Å². The Morgan fingerprint density at radius 3 is 2.30 bits per heavy atom. The number of hydrogen-bond donors (Lipinski definition) is 4. The molecule has 1 aromatic rings. The molecule has 108 valence electrons. The maximum Gasteiger partial charge on any atom is 0.113 e. The van der Waals surface area contributed by atoms with Crippen LogP contribution in [0.2, 0.25) is 0 Å². The van der Waals surface area contributed by atoms with Crippen LogP contribution in [0, 0.1) is 0 Å². The fourth-order valence-corrected chi connectivity index (χ4v) is 2.27. The molecule has 4 N–H and O–H groups in total. The second kappa shape index (κ2) is 6.51. The molecule has 1 aromatic carbocycles. The zero-order chi connectivity index (χ0) is 14.7. The lowest BCUT2D eigenvalue weighted by Crippen LogP contribution is -2.55. The summed E-state index contributed by atoms with van der Waals surface area (Å²) in [6, 6.07) is 6.66. The Labute approximate surface area is 121 Å². The molecule has 5 atom stereocenters. The van der Waals surface area contributed by atoms with Crippen molar-refractivity contribution in [1.29, 1.82) is 0 Å². The summed E-state index contributed by atoms with van der Waals surface area (Å²) in [5.41, 5.74) is 1.21. The van der Waals surface area contributed by atoms with Crippen molar-refractivity contribution in [3.63, 3.8) is 0 Å². The van der Waals surface area contributed by atoms with Crippen LogP contribution in [-0.2, 0) is 4.74 Å². The van der Waals surface area contributed by atoms with Gasteiger partial charge in [0.2, 0.25) is 0 Å². The van der Waals surface area contributed by atoms with Gasteiger partial charge in [0.05, 0.1) is 17.5 Å². The molecule has 1 fully saturated rings. The van der Waals surface area contributed by atoms with Crippen molar-refractivity contribution in [2.24, 2.45) is 4.99 Å². The predicted octanol–water partition coefficient (Wildman–Crippen LogP) is -0.0642. The summed E-state index contributed by atoms with van der Waals surface area (Å²) in [5, 5.41) is 40.8. The number of isothiocyanates is 1. The molecule has 1 aliphatic heterocycles. The molecule has 6 nitrogen and oxygen atoms in total. The number of aliphatic hydroxyl groups is 4. The van der Waals surface area contributed by atoms with E-state index in [1.165, 1.54) is 0 Å². The smallest absolute Gasteiger partial charge is 0.113 e. The van der Waals surface area contributed by atoms with E-state index >= 15 is 0 Å². The summed E-state index contributed by atoms with van der Waals surface area (Å²) < 4.78 is 5.44. The lowest BCUT2D eigenvalue weighted by molar-refractivity contribution is -0.231. The van der Waals surface area contributed by atoms with E-state index in [-0.39, 0.29) is 0 Å². The SMILES string of the molecule is OC[C@H]1OC(c2ccc(N=C=S)cc2)[C@H](O)[C@@H](O)[C@@H]1O. The van der Waals surface area contributed by atoms with E-state index in [0.29, 0.717) is 11.3 Å². The van der Waals surface area contributed by atoms with Gasteiger partial charge in [0, 0.05) is 0 Å². The van der Waals surface area contributed by atoms with E-state index in [4.69, 9.17) is 9.84 Å². The topological polar surface area (TPSA) is 103 Å². The third kappa shape index (κ3) is 2.94. The molecular weight excluding hydrogens is 282 g/mol. The van der Waals surface area contributed by atoms with Gasteiger partial charge in [-0.15, -0.1) is 0 Å². The zero-order valence-electron chi connectivity index (χ0n) is 10.5. The van der Waals surface area contributed by atoms with Crippen molar-refractivity contribution in [3.05, 3.63) is 29.8 Å². The number of ether oxygens (including phenoxy) is 1. The van der Waals surface area contributed by atoms with Gasteiger partial charge in [-0.2, -0.15) is 4.99 Å². The van der Waals surface area contributed by atoms with Crippen LogP contribution in [0.15, 0.2) is 29.3 Å². The highest BCUT2D eigenvalue weighted by atomic mass is 32.1. The van der Waals surface area contributed by atoms with Crippen LogP contribution in [0.3, 0.4) is 0 Å². The van der Waals surface area contributed by atoms with Gasteiger partial charge in [-0.1, -0.05) is 12.1 Å². The van der Waals surface area contributed by atoms with Gasteiger partial charge >= 0.3 is 0 Å². The average molecular weight is 297 g/mol. The van der Waals surface area contributed by atoms with E-state index in [0.717, 1.165) is 0 Å². The van der Waals surface area contributed by atoms with E-state index in [1.807, 2.05) is 0 Å². The van der Waals surface area contributed by atoms with Crippen LogP contribution in [0.4, 0.5) is 5.69 Å². The molecule has 0 aromatic heterocycles. The lowest BCUT2D eigenvalue weighted by Gasteiger charge is -2.40. The summed E-state index contributed by atoms with van der Waals surface area (Å²) in [6.07, 6.45) is -5.78. The average Bonchev–Trinajstić information content (AvgIpc) is 2.47. The summed E-state index contributed by atoms with van der Waals surface area (Å²) in [4.78, 5) is 3.80. The third-order valence-electron chi connectivity index (χ3n) is 3.29. The fraction of sp³-hybridized carbons (Fsp3) is 0.462. The van der Waals surface area contributed by atoms with Gasteiger partial charge in [0.25, 0.3) is 0 Å². The first-order chi connectivity index (χ1) is 9.58. The summed E-state index contributed by atoms with van der Waals surface area (Å²) in [7, 11) is 0. The molecule has 20 heavy (non-hydrogen) atoms. The van der Waals surface area contributed by atoms with Crippen LogP contribution in [0.1, 0.15) is 11.7 Å². The number of hydrogen-bond acceptors (Lipinski definition) is 7. The van der Waals surface area contributed by atoms with E-state index in [1.54, 1.807) is 24.3 Å². The van der Waals surface area contributed by atoms with Crippen molar-refractivity contribution < 1.29 is 25.2 Å². The minimum atomic E-state index is -1.38. The van der Waals surface area contributed by atoms with Crippen molar-refractivity contribution in [2.45, 2.75) is 30.5 Å². The van der Waals surface area contributed by atoms with Crippen molar-refractivity contribution >= 4 is 23.1 Å². The van der Waals surface area contributed by atoms with Gasteiger partial charge in [-0.05, 0) is 29.9 Å². The molecule has 0 bridgehead atoms. The number of benzene rings is 1. The second-order valence-corrected chi connectivity index (χ2v) is 4.73. The molecule has 0 radical (unpaired) electrons. The van der Waals surface area contributed by atoms with Gasteiger partial charge in [0.15, 0.2) is 0 Å². The Morgan fingerprint density at radius 1 is 1.10 bits per heavy atom. The van der Waals surface area contributed by atoms with Crippen molar-refractivity contribution in [1.82, 2.24) is 0 Å². The maximum atomic E-state index is 9.98. The van der Waals surface area contributed by atoms with Crippen molar-refractivity contribution in [3.8, 4) is 0 Å². The Kier molecular flexibility index (Phi) is 4.95. The molecule has 1 unspecified atom stereocenters. The fourth-order valence-electron chi connectivity index (χ4n) is 2.17. The normalized spacial score (nSPS) is 33.5. The number of aliphatic hydroxyl groups excluding tert-OH is 4. The molecule has 0 amide bonds. The largest absolute Gasteiger partial charge is 0.394 e. The molecule has 0 saturated carbocycles. The Bertz CT molecular complexity index is 500. The third-order valence-corrected chi connectivity index (χ3v) is 3.38. The minimum absolute atomic E-state index is 0.450. The number of rotatable bonds is 3. The Morgan fingerprint density at radius 2 is 1.75 bits per heavy atom. The van der Waals surface area contributed by atoms with Gasteiger partial charge < -0.3 is 25.2 Å². The first-order valence-electron chi connectivity index (χ1n) is 6.07. The van der Waals surface area contributed by atoms with Gasteiger partial charge in [-0.25, -0.2) is 0 Å². The first kappa shape index (κ1) is 15.2. The highest BCUT2D eigenvalue weighted by molar-refractivity contribution is 7.78. The molecule has 2 rings (SSSR count). The number of nitrogens with zero attached hydrogens (tertiary/aromatic N) is 1. The van der Waals surface area contributed by atoms with Crippen LogP contribution in [0.5, 0.6) is 0 Å². The molecular formula is C13H15NO5S. The van der Waals surface area contributed by atoms with Crippen LogP contribution in [-0.4, -0.2) is 56.6 Å². The highest BCUT2D eigenvalue weighted by Gasteiger charge is 2.43. The zero-order valence-corrected chi connectivity index (χ0v) is 11.3. The molecule has 1 aliphatic rings. The van der Waals surface area contributed by atoms with Gasteiger partial charge in [0.1, 0.15) is 30.5 Å². The molecule has 7 heteroatoms. The minimum Gasteiger partial charge on any atom is -0.394 e. The number of thiocarbonyl (C=S) groups is 1. The second-order valence-electron chi connectivity index (χ2n) is 4.54. The quantitative estimate of drug-likeness (QED) is 0.460. The van der Waals surface area contributed by atoms with Crippen molar-refractivity contribution in [2.75, 3.05) is 6.61 Å². The highest BCUT2D eigenvalue weighted by Crippen LogP contribution is 2.32. The maximum absolute atomic E-state index is 9.98. The summed E-state index contributed by atoms with van der Waals surface area (Å²) in [5.74, 6) is 0. The molecule has 1 heterocycles. The predicted molar refractivity (Wildman–Crippen MR) is 73.8 cm³/mol. The Hall–Kier alpha value is -1.18. The Balaban J connectivity index is 2.24. The lowest BCUT2D eigenvalue weighted by atomic mass is 9.91. The van der Waals surface area contributed by atoms with E-state index in [9.17, 15) is 15.3 Å². The monoisotopic (exact) mass is 297 g/mol. The van der Waals surface area contributed by atoms with Crippen LogP contribution >= 0.6 is 12.2 Å². The number of aliphatic imine (C=N–C) groups is 1. The summed E-state index contributed by atoms with van der Waals surface area (Å²) >= 11 is 4.50. The van der Waals surface area contributed by atoms with Gasteiger partial charge in [-0.3, -0.25) is 0 Å².